The average molecular weight is 571 g/mol. The third kappa shape index (κ3) is 4.35. The molecule has 10 heteroatoms. The summed E-state index contributed by atoms with van der Waals surface area (Å²) < 4.78 is 5.16. The van der Waals surface area contributed by atoms with Crippen molar-refractivity contribution in [3.05, 3.63) is 105 Å². The number of carbonyl (C=O) groups is 1. The van der Waals surface area contributed by atoms with Crippen molar-refractivity contribution in [2.24, 2.45) is 7.05 Å². The molecule has 202 valence electrons. The lowest BCUT2D eigenvalue weighted by Crippen LogP contribution is -2.37. The van der Waals surface area contributed by atoms with Gasteiger partial charge < -0.3 is 4.90 Å². The maximum atomic E-state index is 14.0. The molecule has 0 bridgehead atoms. The minimum atomic E-state index is -0.227. The number of aromatic nitrogens is 5. The molecule has 2 aromatic heterocycles. The number of para-hydroxylation sites is 2. The van der Waals surface area contributed by atoms with Crippen molar-refractivity contribution >= 4 is 35.0 Å². The number of benzene rings is 3. The van der Waals surface area contributed by atoms with Gasteiger partial charge in [0.15, 0.2) is 11.0 Å². The molecule has 6 rings (SSSR count). The highest BCUT2D eigenvalue weighted by Crippen LogP contribution is 2.35. The van der Waals surface area contributed by atoms with Gasteiger partial charge in [-0.05, 0) is 56.2 Å². The van der Waals surface area contributed by atoms with Gasteiger partial charge in [-0.1, -0.05) is 71.9 Å². The van der Waals surface area contributed by atoms with E-state index < -0.39 is 0 Å². The van der Waals surface area contributed by atoms with E-state index in [9.17, 15) is 9.59 Å². The van der Waals surface area contributed by atoms with Crippen LogP contribution >= 0.6 is 23.4 Å². The first-order valence-electron chi connectivity index (χ1n) is 12.9. The van der Waals surface area contributed by atoms with Gasteiger partial charge >= 0.3 is 0 Å². The van der Waals surface area contributed by atoms with E-state index in [-0.39, 0.29) is 23.3 Å². The fraction of sp³-hybridized carbons (Fsp3) is 0.200. The van der Waals surface area contributed by atoms with Gasteiger partial charge in [0.1, 0.15) is 5.69 Å². The lowest BCUT2D eigenvalue weighted by Gasteiger charge is -2.22. The number of nitrogens with zero attached hydrogens (tertiary/aromatic N) is 6. The Hall–Kier alpha value is -4.08. The van der Waals surface area contributed by atoms with Gasteiger partial charge in [-0.3, -0.25) is 18.8 Å². The molecule has 0 N–H and O–H groups in total. The Bertz CT molecular complexity index is 1790. The quantitative estimate of drug-likeness (QED) is 0.254. The van der Waals surface area contributed by atoms with Crippen LogP contribution in [-0.2, 0) is 18.3 Å². The molecule has 40 heavy (non-hydrogen) atoms. The van der Waals surface area contributed by atoms with Crippen LogP contribution in [0.2, 0.25) is 5.02 Å². The molecular weight excluding hydrogens is 544 g/mol. The molecular formula is C30H27ClN6O2S. The number of amides is 1. The Labute approximate surface area is 240 Å². The van der Waals surface area contributed by atoms with Crippen molar-refractivity contribution < 1.29 is 4.79 Å². The third-order valence-electron chi connectivity index (χ3n) is 7.30. The number of carbonyl (C=O) groups excluding carboxylic acids is 1. The summed E-state index contributed by atoms with van der Waals surface area (Å²) in [6, 6.07) is 24.8. The van der Waals surface area contributed by atoms with E-state index in [2.05, 4.69) is 23.2 Å². The third-order valence-corrected chi connectivity index (χ3v) is 8.54. The predicted octanol–water partition coefficient (Wildman–Crippen LogP) is 5.46. The Morgan fingerprint density at radius 2 is 1.70 bits per heavy atom. The molecule has 1 aliphatic rings. The van der Waals surface area contributed by atoms with Crippen LogP contribution in [0.15, 0.2) is 88.8 Å². The van der Waals surface area contributed by atoms with Crippen molar-refractivity contribution in [3.8, 4) is 22.8 Å². The number of thioether (sulfide) groups is 1. The number of hydrogen-bond acceptors (Lipinski definition) is 5. The van der Waals surface area contributed by atoms with Crippen LogP contribution in [0.3, 0.4) is 0 Å². The standard InChI is InChI=1S/C30H27ClN6O2S/c1-19-17-21-11-7-10-16-25(21)35(19)26(38)18-40-30-33-32-28(23-14-8-9-15-24(23)31)36(30)27-20(2)34(3)37(29(27)39)22-12-5-4-6-13-22/h4-16,19H,17-18H2,1-3H3/t19-/m1/s1. The number of rotatable bonds is 6. The van der Waals surface area contributed by atoms with Gasteiger partial charge in [0.25, 0.3) is 5.56 Å². The van der Waals surface area contributed by atoms with E-state index >= 15 is 0 Å². The summed E-state index contributed by atoms with van der Waals surface area (Å²) >= 11 is 7.84. The maximum Gasteiger partial charge on any atom is 0.296 e. The van der Waals surface area contributed by atoms with Crippen molar-refractivity contribution in [2.75, 3.05) is 10.7 Å². The molecule has 0 saturated carbocycles. The minimum Gasteiger partial charge on any atom is -0.308 e. The first-order chi connectivity index (χ1) is 19.4. The maximum absolute atomic E-state index is 14.0. The van der Waals surface area contributed by atoms with E-state index in [4.69, 9.17) is 11.6 Å². The van der Waals surface area contributed by atoms with Crippen LogP contribution in [-0.4, -0.2) is 41.8 Å². The summed E-state index contributed by atoms with van der Waals surface area (Å²) in [5.74, 6) is 0.548. The summed E-state index contributed by atoms with van der Waals surface area (Å²) in [5, 5.41) is 9.85. The molecule has 8 nitrogen and oxygen atoms in total. The highest BCUT2D eigenvalue weighted by atomic mass is 35.5. The highest BCUT2D eigenvalue weighted by molar-refractivity contribution is 7.99. The van der Waals surface area contributed by atoms with Gasteiger partial charge in [-0.25, -0.2) is 4.68 Å². The SMILES string of the molecule is Cc1c(-n2c(SCC(=O)N3c4ccccc4C[C@H]3C)nnc2-c2ccccc2Cl)c(=O)n(-c2ccccc2)n1C. The van der Waals surface area contributed by atoms with Crippen molar-refractivity contribution in [3.63, 3.8) is 0 Å². The van der Waals surface area contributed by atoms with E-state index in [1.165, 1.54) is 17.3 Å². The van der Waals surface area contributed by atoms with E-state index in [0.717, 1.165) is 23.5 Å². The molecule has 0 aliphatic carbocycles. The van der Waals surface area contributed by atoms with Crippen LogP contribution in [0.5, 0.6) is 0 Å². The average Bonchev–Trinajstić information content (AvgIpc) is 3.58. The summed E-state index contributed by atoms with van der Waals surface area (Å²) in [4.78, 5) is 29.4. The van der Waals surface area contributed by atoms with E-state index in [0.29, 0.717) is 27.3 Å². The zero-order valence-electron chi connectivity index (χ0n) is 22.3. The highest BCUT2D eigenvalue weighted by Gasteiger charge is 2.31. The Balaban J connectivity index is 1.44. The smallest absolute Gasteiger partial charge is 0.296 e. The second-order valence-electron chi connectivity index (χ2n) is 9.77. The molecule has 0 unspecified atom stereocenters. The van der Waals surface area contributed by atoms with Crippen molar-refractivity contribution in [1.82, 2.24) is 24.1 Å². The van der Waals surface area contributed by atoms with Crippen LogP contribution in [0.1, 0.15) is 18.2 Å². The van der Waals surface area contributed by atoms with E-state index in [1.807, 2.05) is 90.3 Å². The van der Waals surface area contributed by atoms with Crippen molar-refractivity contribution in [2.45, 2.75) is 31.5 Å². The Morgan fingerprint density at radius 3 is 2.48 bits per heavy atom. The Morgan fingerprint density at radius 1 is 1.00 bits per heavy atom. The monoisotopic (exact) mass is 570 g/mol. The number of anilines is 1. The fourth-order valence-electron chi connectivity index (χ4n) is 5.34. The summed E-state index contributed by atoms with van der Waals surface area (Å²) in [7, 11) is 1.84. The minimum absolute atomic E-state index is 0.0252. The molecule has 5 aromatic rings. The van der Waals surface area contributed by atoms with Crippen LogP contribution in [0.4, 0.5) is 5.69 Å². The lowest BCUT2D eigenvalue weighted by molar-refractivity contribution is -0.116. The van der Waals surface area contributed by atoms with Crippen molar-refractivity contribution in [1.29, 1.82) is 0 Å². The molecule has 3 aromatic carbocycles. The topological polar surface area (TPSA) is 78.0 Å². The Kier molecular flexibility index (Phi) is 6.85. The lowest BCUT2D eigenvalue weighted by atomic mass is 10.1. The summed E-state index contributed by atoms with van der Waals surface area (Å²) in [5.41, 5.74) is 4.39. The normalized spacial score (nSPS) is 14.5. The number of fused-ring (bicyclic) bond motifs is 1. The molecule has 0 spiro atoms. The van der Waals surface area contributed by atoms with Crippen LogP contribution in [0, 0.1) is 6.92 Å². The predicted molar refractivity (Wildman–Crippen MR) is 159 cm³/mol. The molecule has 3 heterocycles. The summed E-state index contributed by atoms with van der Waals surface area (Å²) in [6.45, 7) is 3.94. The number of halogens is 1. The van der Waals surface area contributed by atoms with Crippen LogP contribution < -0.4 is 10.5 Å². The second kappa shape index (κ2) is 10.5. The molecule has 0 fully saturated rings. The second-order valence-corrected chi connectivity index (χ2v) is 11.1. The molecule has 1 atom stereocenters. The molecule has 0 radical (unpaired) electrons. The zero-order valence-corrected chi connectivity index (χ0v) is 23.9. The largest absolute Gasteiger partial charge is 0.308 e. The molecule has 1 amide bonds. The molecule has 1 aliphatic heterocycles. The van der Waals surface area contributed by atoms with Gasteiger partial charge in [0.05, 0.1) is 22.2 Å². The van der Waals surface area contributed by atoms with Gasteiger partial charge in [-0.2, -0.15) is 0 Å². The fourth-order valence-corrected chi connectivity index (χ4v) is 6.35. The first kappa shape index (κ1) is 26.2. The number of hydrogen-bond donors (Lipinski definition) is 0. The summed E-state index contributed by atoms with van der Waals surface area (Å²) in [6.07, 6.45) is 0.821. The van der Waals surface area contributed by atoms with E-state index in [1.54, 1.807) is 15.3 Å². The van der Waals surface area contributed by atoms with Gasteiger partial charge in [0, 0.05) is 24.3 Å². The molecule has 0 saturated heterocycles. The first-order valence-corrected chi connectivity index (χ1v) is 14.3. The zero-order chi connectivity index (χ0) is 28.0. The van der Waals surface area contributed by atoms with Gasteiger partial charge in [0.2, 0.25) is 5.91 Å². The van der Waals surface area contributed by atoms with Crippen LogP contribution in [0.25, 0.3) is 22.8 Å². The van der Waals surface area contributed by atoms with Gasteiger partial charge in [-0.15, -0.1) is 10.2 Å².